The number of hydrogen-bond donors (Lipinski definition) is 2. The van der Waals surface area contributed by atoms with Gasteiger partial charge in [-0.3, -0.25) is 0 Å². The molecule has 0 aromatic carbocycles. The minimum absolute atomic E-state index is 0.0961. The van der Waals surface area contributed by atoms with E-state index in [1.165, 1.54) is 0 Å². The number of aryl methyl sites for hydroxylation is 1. The van der Waals surface area contributed by atoms with E-state index in [9.17, 15) is 5.11 Å². The fraction of sp³-hybridized carbons (Fsp3) is 0.583. The van der Waals surface area contributed by atoms with E-state index in [0.29, 0.717) is 11.6 Å². The summed E-state index contributed by atoms with van der Waals surface area (Å²) in [7, 11) is 2.00. The summed E-state index contributed by atoms with van der Waals surface area (Å²) in [5, 5.41) is 9.24. The van der Waals surface area contributed by atoms with Gasteiger partial charge in [0.25, 0.3) is 0 Å². The summed E-state index contributed by atoms with van der Waals surface area (Å²) in [4.78, 5) is 6.52. The predicted octanol–water partition coefficient (Wildman–Crippen LogP) is 1.18. The molecule has 1 aliphatic carbocycles. The molecule has 1 aromatic rings. The van der Waals surface area contributed by atoms with E-state index in [0.717, 1.165) is 30.9 Å². The molecule has 0 unspecified atom stereocenters. The Labute approximate surface area is 96.1 Å². The van der Waals surface area contributed by atoms with Gasteiger partial charge in [0.15, 0.2) is 5.82 Å². The lowest BCUT2D eigenvalue weighted by molar-refractivity contribution is 0.0464. The number of hydrogen-bond acceptors (Lipinski definition) is 4. The van der Waals surface area contributed by atoms with Crippen molar-refractivity contribution in [1.29, 1.82) is 0 Å². The second-order valence-electron chi connectivity index (χ2n) is 4.74. The molecule has 0 amide bonds. The van der Waals surface area contributed by atoms with Gasteiger partial charge in [-0.25, -0.2) is 4.98 Å². The maximum absolute atomic E-state index is 9.24. The number of pyridine rings is 1. The maximum atomic E-state index is 9.24. The zero-order chi connectivity index (χ0) is 11.7. The first-order valence-corrected chi connectivity index (χ1v) is 5.68. The molecule has 0 radical (unpaired) electrons. The van der Waals surface area contributed by atoms with Crippen molar-refractivity contribution in [3.63, 3.8) is 0 Å². The van der Waals surface area contributed by atoms with Gasteiger partial charge in [0.1, 0.15) is 0 Å². The third-order valence-corrected chi connectivity index (χ3v) is 3.15. The van der Waals surface area contributed by atoms with Gasteiger partial charge < -0.3 is 15.7 Å². The lowest BCUT2D eigenvalue weighted by atomic mass is 9.82. The van der Waals surface area contributed by atoms with Crippen molar-refractivity contribution in [2.75, 3.05) is 24.2 Å². The summed E-state index contributed by atoms with van der Waals surface area (Å²) >= 11 is 0. The largest absolute Gasteiger partial charge is 0.396 e. The summed E-state index contributed by atoms with van der Waals surface area (Å²) in [6, 6.07) is 3.81. The van der Waals surface area contributed by atoms with Crippen LogP contribution < -0.4 is 10.6 Å². The van der Waals surface area contributed by atoms with Crippen molar-refractivity contribution in [1.82, 2.24) is 4.98 Å². The van der Waals surface area contributed by atoms with Crippen molar-refractivity contribution >= 4 is 11.5 Å². The highest BCUT2D eigenvalue weighted by Crippen LogP contribution is 2.29. The van der Waals surface area contributed by atoms with Gasteiger partial charge in [0.05, 0.1) is 11.8 Å². The second-order valence-corrected chi connectivity index (χ2v) is 4.74. The summed E-state index contributed by atoms with van der Waals surface area (Å²) in [5.74, 6) is 1.42. The van der Waals surface area contributed by atoms with E-state index in [1.807, 2.05) is 26.1 Å². The molecule has 0 aliphatic heterocycles. The van der Waals surface area contributed by atoms with Gasteiger partial charge in [-0.2, -0.15) is 0 Å². The second kappa shape index (κ2) is 4.29. The first-order chi connectivity index (χ1) is 7.56. The van der Waals surface area contributed by atoms with E-state index in [1.54, 1.807) is 0 Å². The molecule has 3 N–H and O–H groups in total. The van der Waals surface area contributed by atoms with E-state index in [-0.39, 0.29) is 6.10 Å². The molecule has 88 valence electrons. The Balaban J connectivity index is 2.02. The topological polar surface area (TPSA) is 62.4 Å². The average Bonchev–Trinajstić information content (AvgIpc) is 2.19. The molecule has 16 heavy (non-hydrogen) atoms. The zero-order valence-electron chi connectivity index (χ0n) is 9.85. The molecule has 1 fully saturated rings. The minimum atomic E-state index is -0.0961. The number of aromatic nitrogens is 1. The molecular weight excluding hydrogens is 202 g/mol. The van der Waals surface area contributed by atoms with E-state index < -0.39 is 0 Å². The predicted molar refractivity (Wildman–Crippen MR) is 65.4 cm³/mol. The van der Waals surface area contributed by atoms with Gasteiger partial charge in [0.2, 0.25) is 0 Å². The molecule has 2 rings (SSSR count). The Kier molecular flexibility index (Phi) is 3.01. The molecular formula is C12H19N3O. The van der Waals surface area contributed by atoms with Crippen LogP contribution in [0.3, 0.4) is 0 Å². The number of nitrogen functional groups attached to an aromatic ring is 1. The van der Waals surface area contributed by atoms with Crippen LogP contribution >= 0.6 is 0 Å². The van der Waals surface area contributed by atoms with Crippen molar-refractivity contribution < 1.29 is 5.11 Å². The van der Waals surface area contributed by atoms with Gasteiger partial charge in [0, 0.05) is 19.3 Å². The van der Waals surface area contributed by atoms with Crippen molar-refractivity contribution in [3.05, 3.63) is 17.8 Å². The Morgan fingerprint density at radius 2 is 2.19 bits per heavy atom. The van der Waals surface area contributed by atoms with E-state index >= 15 is 0 Å². The molecule has 1 heterocycles. The third-order valence-electron chi connectivity index (χ3n) is 3.15. The highest BCUT2D eigenvalue weighted by Gasteiger charge is 2.28. The molecule has 1 aliphatic rings. The summed E-state index contributed by atoms with van der Waals surface area (Å²) in [6.07, 6.45) is 1.70. The van der Waals surface area contributed by atoms with Crippen molar-refractivity contribution in [2.24, 2.45) is 5.92 Å². The molecule has 0 saturated heterocycles. The standard InChI is InChI=1S/C12H19N3O/c1-8-3-4-11(13)12(14-8)15(2)7-9-5-10(16)6-9/h3-4,9-10,16H,5-7,13H2,1-2H3. The van der Waals surface area contributed by atoms with Gasteiger partial charge >= 0.3 is 0 Å². The van der Waals surface area contributed by atoms with Gasteiger partial charge in [-0.15, -0.1) is 0 Å². The first kappa shape index (κ1) is 11.2. The third kappa shape index (κ3) is 2.27. The van der Waals surface area contributed by atoms with Crippen LogP contribution in [0.25, 0.3) is 0 Å². The lowest BCUT2D eigenvalue weighted by Gasteiger charge is -2.35. The van der Waals surface area contributed by atoms with Crippen LogP contribution in [0, 0.1) is 12.8 Å². The number of nitrogens with two attached hydrogens (primary N) is 1. The molecule has 1 aromatic heterocycles. The zero-order valence-corrected chi connectivity index (χ0v) is 9.85. The molecule has 4 heteroatoms. The minimum Gasteiger partial charge on any atom is -0.396 e. The highest BCUT2D eigenvalue weighted by molar-refractivity contribution is 5.62. The van der Waals surface area contributed by atoms with Crippen LogP contribution in [0.2, 0.25) is 0 Å². The van der Waals surface area contributed by atoms with Crippen LogP contribution in [0.15, 0.2) is 12.1 Å². The molecule has 4 nitrogen and oxygen atoms in total. The SMILES string of the molecule is Cc1ccc(N)c(N(C)CC2CC(O)C2)n1. The number of aliphatic hydroxyl groups excluding tert-OH is 1. The van der Waals surface area contributed by atoms with Crippen LogP contribution in [-0.4, -0.2) is 29.8 Å². The van der Waals surface area contributed by atoms with Crippen LogP contribution in [0.5, 0.6) is 0 Å². The maximum Gasteiger partial charge on any atom is 0.151 e. The van der Waals surface area contributed by atoms with E-state index in [2.05, 4.69) is 9.88 Å². The molecule has 0 spiro atoms. The fourth-order valence-corrected chi connectivity index (χ4v) is 2.18. The average molecular weight is 221 g/mol. The van der Waals surface area contributed by atoms with Crippen molar-refractivity contribution in [2.45, 2.75) is 25.9 Å². The Bertz CT molecular complexity index is 375. The highest BCUT2D eigenvalue weighted by atomic mass is 16.3. The Morgan fingerprint density at radius 1 is 1.50 bits per heavy atom. The van der Waals surface area contributed by atoms with Crippen LogP contribution in [0.4, 0.5) is 11.5 Å². The number of aliphatic hydroxyl groups is 1. The normalized spacial score (nSPS) is 23.9. The Morgan fingerprint density at radius 3 is 2.81 bits per heavy atom. The lowest BCUT2D eigenvalue weighted by Crippen LogP contribution is -2.37. The molecule has 1 saturated carbocycles. The van der Waals surface area contributed by atoms with Gasteiger partial charge in [-0.1, -0.05) is 0 Å². The Hall–Kier alpha value is -1.29. The monoisotopic (exact) mass is 221 g/mol. The number of rotatable bonds is 3. The van der Waals surface area contributed by atoms with E-state index in [4.69, 9.17) is 5.73 Å². The molecule has 0 atom stereocenters. The summed E-state index contributed by atoms with van der Waals surface area (Å²) in [6.45, 7) is 2.88. The van der Waals surface area contributed by atoms with Crippen LogP contribution in [0.1, 0.15) is 18.5 Å². The summed E-state index contributed by atoms with van der Waals surface area (Å²) in [5.41, 5.74) is 7.59. The number of nitrogens with zero attached hydrogens (tertiary/aromatic N) is 2. The quantitative estimate of drug-likeness (QED) is 0.804. The van der Waals surface area contributed by atoms with Crippen LogP contribution in [-0.2, 0) is 0 Å². The smallest absolute Gasteiger partial charge is 0.151 e. The van der Waals surface area contributed by atoms with Gasteiger partial charge in [-0.05, 0) is 37.8 Å². The molecule has 0 bridgehead atoms. The number of anilines is 2. The first-order valence-electron chi connectivity index (χ1n) is 5.68. The van der Waals surface area contributed by atoms with Crippen molar-refractivity contribution in [3.8, 4) is 0 Å². The summed E-state index contributed by atoms with van der Waals surface area (Å²) < 4.78 is 0. The fourth-order valence-electron chi connectivity index (χ4n) is 2.18.